The van der Waals surface area contributed by atoms with Crippen LogP contribution >= 0.6 is 23.1 Å². The van der Waals surface area contributed by atoms with Crippen molar-refractivity contribution in [2.75, 3.05) is 45.7 Å². The fraction of sp³-hybridized carbons (Fsp3) is 0.391. The number of fused-ring (bicyclic) bond motifs is 1. The van der Waals surface area contributed by atoms with E-state index in [0.29, 0.717) is 37.0 Å². The summed E-state index contributed by atoms with van der Waals surface area (Å²) in [6.45, 7) is 5.51. The van der Waals surface area contributed by atoms with Gasteiger partial charge >= 0.3 is 0 Å². The summed E-state index contributed by atoms with van der Waals surface area (Å²) in [7, 11) is 1.62. The third kappa shape index (κ3) is 6.29. The second kappa shape index (κ2) is 11.1. The van der Waals surface area contributed by atoms with Gasteiger partial charge < -0.3 is 14.8 Å². The lowest BCUT2D eigenvalue weighted by molar-refractivity contribution is -0.123. The molecule has 33 heavy (non-hydrogen) atoms. The molecule has 4 rings (SSSR count). The predicted octanol–water partition coefficient (Wildman–Crippen LogP) is 2.93. The molecule has 1 N–H and O–H groups in total. The van der Waals surface area contributed by atoms with E-state index in [1.54, 1.807) is 7.11 Å². The number of hydrogen-bond acceptors (Lipinski definition) is 9. The number of nitrogens with one attached hydrogen (secondary N) is 1. The van der Waals surface area contributed by atoms with E-state index in [0.717, 1.165) is 39.6 Å². The first-order valence-electron chi connectivity index (χ1n) is 10.7. The molecule has 1 amide bonds. The van der Waals surface area contributed by atoms with Crippen LogP contribution in [0.4, 0.5) is 0 Å². The van der Waals surface area contributed by atoms with Gasteiger partial charge in [-0.1, -0.05) is 11.8 Å². The van der Waals surface area contributed by atoms with Crippen LogP contribution in [0.15, 0.2) is 35.4 Å². The van der Waals surface area contributed by atoms with E-state index in [-0.39, 0.29) is 17.4 Å². The Morgan fingerprint density at radius 1 is 1.21 bits per heavy atom. The van der Waals surface area contributed by atoms with E-state index >= 15 is 0 Å². The SMILES string of the molecule is COc1ccc2nc(C)nc(SCC(=O)c3ccc(CNC(=O)CN4CCOCC4)s3)c2c1. The number of ether oxygens (including phenoxy) is 2. The topological polar surface area (TPSA) is 93.7 Å². The first kappa shape index (κ1) is 23.6. The highest BCUT2D eigenvalue weighted by atomic mass is 32.2. The molecule has 0 spiro atoms. The van der Waals surface area contributed by atoms with Crippen molar-refractivity contribution in [3.05, 3.63) is 45.9 Å². The maximum atomic E-state index is 12.8. The van der Waals surface area contributed by atoms with Gasteiger partial charge in [0.25, 0.3) is 0 Å². The van der Waals surface area contributed by atoms with Gasteiger partial charge in [-0.3, -0.25) is 14.5 Å². The Labute approximate surface area is 200 Å². The summed E-state index contributed by atoms with van der Waals surface area (Å²) in [4.78, 5) is 37.7. The van der Waals surface area contributed by atoms with Crippen molar-refractivity contribution in [2.45, 2.75) is 18.5 Å². The molecule has 2 aromatic heterocycles. The summed E-state index contributed by atoms with van der Waals surface area (Å²) >= 11 is 2.81. The number of ketones is 1. The molecule has 1 aliphatic rings. The number of thioether (sulfide) groups is 1. The van der Waals surface area contributed by atoms with Crippen molar-refractivity contribution in [1.29, 1.82) is 0 Å². The zero-order chi connectivity index (χ0) is 23.2. The van der Waals surface area contributed by atoms with Gasteiger partial charge in [-0.2, -0.15) is 0 Å². The van der Waals surface area contributed by atoms with Crippen LogP contribution in [0.5, 0.6) is 5.75 Å². The van der Waals surface area contributed by atoms with Crippen LogP contribution < -0.4 is 10.1 Å². The van der Waals surface area contributed by atoms with Gasteiger partial charge in [-0.25, -0.2) is 9.97 Å². The van der Waals surface area contributed by atoms with Crippen molar-refractivity contribution in [2.24, 2.45) is 0 Å². The van der Waals surface area contributed by atoms with Crippen LogP contribution in [0.25, 0.3) is 10.9 Å². The lowest BCUT2D eigenvalue weighted by atomic mass is 10.2. The van der Waals surface area contributed by atoms with Crippen LogP contribution in [0.1, 0.15) is 20.4 Å². The second-order valence-corrected chi connectivity index (χ2v) is 9.73. The van der Waals surface area contributed by atoms with Crippen molar-refractivity contribution in [3.8, 4) is 5.75 Å². The van der Waals surface area contributed by atoms with Gasteiger partial charge in [0.05, 0.1) is 49.6 Å². The van der Waals surface area contributed by atoms with Crippen LogP contribution in [-0.2, 0) is 16.1 Å². The zero-order valence-electron chi connectivity index (χ0n) is 18.6. The average molecular weight is 487 g/mol. The zero-order valence-corrected chi connectivity index (χ0v) is 20.3. The number of carbonyl (C=O) groups excluding carboxylic acids is 2. The third-order valence-electron chi connectivity index (χ3n) is 5.19. The molecule has 0 aliphatic carbocycles. The summed E-state index contributed by atoms with van der Waals surface area (Å²) < 4.78 is 10.6. The van der Waals surface area contributed by atoms with E-state index in [9.17, 15) is 9.59 Å². The second-order valence-electron chi connectivity index (χ2n) is 7.60. The van der Waals surface area contributed by atoms with Gasteiger partial charge in [-0.05, 0) is 37.3 Å². The fourth-order valence-electron chi connectivity index (χ4n) is 3.46. The standard InChI is InChI=1S/C23H26N4O4S2/c1-15-25-19-5-3-16(30-2)11-18(19)23(26-15)32-14-20(28)21-6-4-17(33-21)12-24-22(29)13-27-7-9-31-10-8-27/h3-6,11H,7-10,12-14H2,1-2H3,(H,24,29). The quantitative estimate of drug-likeness (QED) is 0.280. The van der Waals surface area contributed by atoms with E-state index in [1.165, 1.54) is 23.1 Å². The number of methoxy groups -OCH3 is 1. The predicted molar refractivity (Wildman–Crippen MR) is 129 cm³/mol. The highest BCUT2D eigenvalue weighted by Gasteiger charge is 2.16. The molecule has 0 saturated carbocycles. The monoisotopic (exact) mass is 486 g/mol. The summed E-state index contributed by atoms with van der Waals surface area (Å²) in [5.74, 6) is 1.67. The molecular formula is C23H26N4O4S2. The molecule has 0 unspecified atom stereocenters. The minimum absolute atomic E-state index is 0.0184. The van der Waals surface area contributed by atoms with E-state index in [2.05, 4.69) is 20.2 Å². The molecule has 3 aromatic rings. The third-order valence-corrected chi connectivity index (χ3v) is 7.30. The molecule has 174 valence electrons. The van der Waals surface area contributed by atoms with Gasteiger partial charge in [0, 0.05) is 23.4 Å². The summed E-state index contributed by atoms with van der Waals surface area (Å²) in [5.41, 5.74) is 0.824. The maximum absolute atomic E-state index is 12.8. The number of thiophene rings is 1. The maximum Gasteiger partial charge on any atom is 0.234 e. The number of rotatable bonds is 9. The number of hydrogen-bond donors (Lipinski definition) is 1. The minimum atomic E-state index is -0.0184. The number of carbonyl (C=O) groups is 2. The average Bonchev–Trinajstić information content (AvgIpc) is 3.30. The molecule has 1 saturated heterocycles. The van der Waals surface area contributed by atoms with E-state index in [4.69, 9.17) is 9.47 Å². The van der Waals surface area contributed by atoms with Crippen LogP contribution in [0.2, 0.25) is 0 Å². The first-order valence-corrected chi connectivity index (χ1v) is 12.5. The van der Waals surface area contributed by atoms with Crippen LogP contribution in [-0.4, -0.2) is 72.3 Å². The number of morpholine rings is 1. The van der Waals surface area contributed by atoms with Crippen LogP contribution in [0, 0.1) is 6.92 Å². The fourth-order valence-corrected chi connectivity index (χ4v) is 5.37. The normalized spacial score (nSPS) is 14.4. The number of Topliss-reactive ketones (excluding diaryl/α,β-unsaturated/α-hetero) is 1. The highest BCUT2D eigenvalue weighted by molar-refractivity contribution is 8.00. The van der Waals surface area contributed by atoms with Gasteiger partial charge in [-0.15, -0.1) is 11.3 Å². The molecule has 3 heterocycles. The molecule has 0 radical (unpaired) electrons. The Hall–Kier alpha value is -2.53. The lowest BCUT2D eigenvalue weighted by Crippen LogP contribution is -2.42. The summed E-state index contributed by atoms with van der Waals surface area (Å²) in [6, 6.07) is 9.37. The van der Waals surface area contributed by atoms with E-state index in [1.807, 2.05) is 37.3 Å². The smallest absolute Gasteiger partial charge is 0.234 e. The molecule has 10 heteroatoms. The summed E-state index contributed by atoms with van der Waals surface area (Å²) in [6.07, 6.45) is 0. The van der Waals surface area contributed by atoms with Crippen molar-refractivity contribution in [3.63, 3.8) is 0 Å². The summed E-state index contributed by atoms with van der Waals surface area (Å²) in [5, 5.41) is 4.57. The number of amides is 1. The molecule has 1 fully saturated rings. The van der Waals surface area contributed by atoms with Gasteiger partial charge in [0.15, 0.2) is 5.78 Å². The van der Waals surface area contributed by atoms with Crippen molar-refractivity contribution < 1.29 is 19.1 Å². The first-order chi connectivity index (χ1) is 16.0. The Kier molecular flexibility index (Phi) is 7.92. The lowest BCUT2D eigenvalue weighted by Gasteiger charge is -2.25. The number of aromatic nitrogens is 2. The minimum Gasteiger partial charge on any atom is -0.497 e. The Morgan fingerprint density at radius 2 is 2.03 bits per heavy atom. The van der Waals surface area contributed by atoms with Gasteiger partial charge in [0.1, 0.15) is 16.6 Å². The highest BCUT2D eigenvalue weighted by Crippen LogP contribution is 2.29. The number of nitrogens with zero attached hydrogens (tertiary/aromatic N) is 3. The molecule has 0 atom stereocenters. The van der Waals surface area contributed by atoms with Gasteiger partial charge in [0.2, 0.25) is 5.91 Å². The molecule has 0 bridgehead atoms. The molecule has 8 nitrogen and oxygen atoms in total. The largest absolute Gasteiger partial charge is 0.497 e. The Bertz CT molecular complexity index is 1140. The molecule has 1 aromatic carbocycles. The Morgan fingerprint density at radius 3 is 2.82 bits per heavy atom. The van der Waals surface area contributed by atoms with Crippen LogP contribution in [0.3, 0.4) is 0 Å². The molecular weight excluding hydrogens is 460 g/mol. The Balaban J connectivity index is 1.33. The van der Waals surface area contributed by atoms with E-state index < -0.39 is 0 Å². The van der Waals surface area contributed by atoms with Crippen molar-refractivity contribution in [1.82, 2.24) is 20.2 Å². The van der Waals surface area contributed by atoms with Crippen molar-refractivity contribution >= 4 is 45.7 Å². The molecule has 1 aliphatic heterocycles. The number of aryl methyl sites for hydroxylation is 1. The number of benzene rings is 1.